The van der Waals surface area contributed by atoms with Crippen LogP contribution in [0.2, 0.25) is 23.3 Å². The van der Waals surface area contributed by atoms with Crippen LogP contribution in [0.3, 0.4) is 0 Å². The van der Waals surface area contributed by atoms with Crippen molar-refractivity contribution < 1.29 is 8.84 Å². The van der Waals surface area contributed by atoms with Gasteiger partial charge in [-0.05, 0) is 55.7 Å². The lowest BCUT2D eigenvalue weighted by Crippen LogP contribution is -2.42. The Morgan fingerprint density at radius 2 is 1.89 bits per heavy atom. The number of oxazole rings is 1. The maximum absolute atomic E-state index is 6.68. The molecule has 28 heavy (non-hydrogen) atoms. The minimum absolute atomic E-state index is 0.0349. The molecule has 0 aliphatic carbocycles. The molecular weight excluding hydrogens is 392 g/mol. The van der Waals surface area contributed by atoms with Gasteiger partial charge in [0.1, 0.15) is 17.5 Å². The molecule has 3 aromatic heterocycles. The van der Waals surface area contributed by atoms with Crippen LogP contribution in [0.25, 0.3) is 5.82 Å². The number of hydrogen-bond acceptors (Lipinski definition) is 5. The topological polar surface area (TPSA) is 66.0 Å². The standard InChI is InChI=1S/C20H27ClN4O2Si/c1-13-10-14(2)25(24-13)17-12-15(11-16(21)23-17)18(19-22-8-9-26-19)27-28(6,7)20(3,4)5/h8-12,18H,1-7H3. The first-order valence-electron chi connectivity index (χ1n) is 9.26. The third kappa shape index (κ3) is 4.21. The minimum atomic E-state index is -2.11. The van der Waals surface area contributed by atoms with E-state index in [1.165, 1.54) is 0 Å². The zero-order valence-corrected chi connectivity index (χ0v) is 19.2. The lowest BCUT2D eigenvalue weighted by Gasteiger charge is -2.38. The molecule has 6 nitrogen and oxygen atoms in total. The molecule has 0 N–H and O–H groups in total. The predicted molar refractivity (Wildman–Crippen MR) is 112 cm³/mol. The summed E-state index contributed by atoms with van der Waals surface area (Å²) in [7, 11) is -2.11. The fraction of sp³-hybridized carbons (Fsp3) is 0.450. The molecule has 0 aliphatic heterocycles. The summed E-state index contributed by atoms with van der Waals surface area (Å²) < 4.78 is 14.1. The first-order chi connectivity index (χ1) is 13.0. The van der Waals surface area contributed by atoms with E-state index >= 15 is 0 Å². The summed E-state index contributed by atoms with van der Waals surface area (Å²) in [5.74, 6) is 1.15. The second-order valence-corrected chi connectivity index (χ2v) is 13.7. The van der Waals surface area contributed by atoms with Gasteiger partial charge in [0.2, 0.25) is 5.89 Å². The molecule has 8 heteroatoms. The molecule has 0 radical (unpaired) electrons. The number of halogens is 1. The first-order valence-corrected chi connectivity index (χ1v) is 12.5. The molecule has 3 rings (SSSR count). The van der Waals surface area contributed by atoms with E-state index in [9.17, 15) is 0 Å². The summed E-state index contributed by atoms with van der Waals surface area (Å²) in [4.78, 5) is 8.82. The van der Waals surface area contributed by atoms with E-state index in [0.29, 0.717) is 16.9 Å². The summed E-state index contributed by atoms with van der Waals surface area (Å²) in [5.41, 5.74) is 2.74. The van der Waals surface area contributed by atoms with Crippen molar-refractivity contribution in [3.05, 3.63) is 58.7 Å². The molecule has 0 bridgehead atoms. The van der Waals surface area contributed by atoms with E-state index < -0.39 is 14.4 Å². The maximum Gasteiger partial charge on any atom is 0.226 e. The molecular formula is C20H27ClN4O2Si. The van der Waals surface area contributed by atoms with Crippen LogP contribution in [0, 0.1) is 13.8 Å². The second kappa shape index (κ2) is 7.46. The van der Waals surface area contributed by atoms with Crippen molar-refractivity contribution in [3.63, 3.8) is 0 Å². The van der Waals surface area contributed by atoms with Gasteiger partial charge in [-0.1, -0.05) is 32.4 Å². The van der Waals surface area contributed by atoms with Gasteiger partial charge in [-0.2, -0.15) is 5.10 Å². The third-order valence-corrected chi connectivity index (χ3v) is 9.86. The Hall–Kier alpha value is -1.96. The number of aryl methyl sites for hydroxylation is 2. The van der Waals surface area contributed by atoms with Crippen molar-refractivity contribution >= 4 is 19.9 Å². The van der Waals surface area contributed by atoms with E-state index in [-0.39, 0.29) is 5.04 Å². The van der Waals surface area contributed by atoms with Gasteiger partial charge in [0.25, 0.3) is 0 Å². The molecule has 0 saturated carbocycles. The van der Waals surface area contributed by atoms with Crippen LogP contribution >= 0.6 is 11.6 Å². The molecule has 3 heterocycles. The van der Waals surface area contributed by atoms with Gasteiger partial charge in [0.15, 0.2) is 14.1 Å². The highest BCUT2D eigenvalue weighted by atomic mass is 35.5. The smallest absolute Gasteiger partial charge is 0.226 e. The van der Waals surface area contributed by atoms with Gasteiger partial charge in [-0.3, -0.25) is 0 Å². The largest absolute Gasteiger partial charge is 0.446 e. The molecule has 150 valence electrons. The predicted octanol–water partition coefficient (Wildman–Crippen LogP) is 5.64. The van der Waals surface area contributed by atoms with Gasteiger partial charge in [0, 0.05) is 5.69 Å². The fourth-order valence-corrected chi connectivity index (χ4v) is 4.11. The quantitative estimate of drug-likeness (QED) is 0.396. The monoisotopic (exact) mass is 418 g/mol. The average Bonchev–Trinajstić information content (AvgIpc) is 3.20. The second-order valence-electron chi connectivity index (χ2n) is 8.55. The van der Waals surface area contributed by atoms with E-state index in [1.54, 1.807) is 23.2 Å². The molecule has 0 fully saturated rings. The number of aromatic nitrogens is 4. The van der Waals surface area contributed by atoms with E-state index in [1.807, 2.05) is 26.0 Å². The molecule has 1 atom stereocenters. The SMILES string of the molecule is Cc1cc(C)n(-c2cc(C(O[Si](C)(C)C(C)(C)C)c3ncco3)cc(Cl)n2)n1. The van der Waals surface area contributed by atoms with Crippen LogP contribution in [-0.4, -0.2) is 28.1 Å². The van der Waals surface area contributed by atoms with Crippen LogP contribution in [0.5, 0.6) is 0 Å². The Labute approximate surface area is 172 Å². The van der Waals surface area contributed by atoms with E-state index in [0.717, 1.165) is 17.0 Å². The number of pyridine rings is 1. The number of hydrogen-bond donors (Lipinski definition) is 0. The lowest BCUT2D eigenvalue weighted by molar-refractivity contribution is 0.187. The summed E-state index contributed by atoms with van der Waals surface area (Å²) in [5, 5.41) is 4.93. The Morgan fingerprint density at radius 1 is 1.18 bits per heavy atom. The van der Waals surface area contributed by atoms with Crippen LogP contribution in [0.1, 0.15) is 49.7 Å². The van der Waals surface area contributed by atoms with Crippen molar-refractivity contribution in [2.24, 2.45) is 0 Å². The normalized spacial score (nSPS) is 13.7. The molecule has 0 amide bonds. The lowest BCUT2D eigenvalue weighted by atomic mass is 10.1. The molecule has 3 aromatic rings. The van der Waals surface area contributed by atoms with Crippen LogP contribution in [0.15, 0.2) is 35.1 Å². The van der Waals surface area contributed by atoms with Crippen molar-refractivity contribution in [3.8, 4) is 5.82 Å². The number of nitrogens with zero attached hydrogens (tertiary/aromatic N) is 4. The van der Waals surface area contributed by atoms with E-state index in [2.05, 4.69) is 48.9 Å². The maximum atomic E-state index is 6.68. The van der Waals surface area contributed by atoms with Gasteiger partial charge in [0.05, 0.1) is 11.9 Å². The Balaban J connectivity index is 2.10. The Kier molecular flexibility index (Phi) is 5.53. The van der Waals surface area contributed by atoms with Crippen LogP contribution < -0.4 is 0 Å². The van der Waals surface area contributed by atoms with Crippen LogP contribution in [-0.2, 0) is 4.43 Å². The third-order valence-electron chi connectivity index (χ3n) is 5.23. The molecule has 0 spiro atoms. The van der Waals surface area contributed by atoms with Crippen molar-refractivity contribution in [1.82, 2.24) is 19.7 Å². The Morgan fingerprint density at radius 3 is 2.43 bits per heavy atom. The highest BCUT2D eigenvalue weighted by molar-refractivity contribution is 6.74. The van der Waals surface area contributed by atoms with E-state index in [4.69, 9.17) is 20.4 Å². The summed E-state index contributed by atoms with van der Waals surface area (Å²) in [6.45, 7) is 14.9. The molecule has 1 unspecified atom stereocenters. The summed E-state index contributed by atoms with van der Waals surface area (Å²) in [6.07, 6.45) is 2.72. The van der Waals surface area contributed by atoms with Gasteiger partial charge < -0.3 is 8.84 Å². The minimum Gasteiger partial charge on any atom is -0.446 e. The van der Waals surface area contributed by atoms with Gasteiger partial charge in [-0.15, -0.1) is 0 Å². The zero-order valence-electron chi connectivity index (χ0n) is 17.4. The van der Waals surface area contributed by atoms with Crippen molar-refractivity contribution in [2.75, 3.05) is 0 Å². The molecule has 0 aliphatic rings. The zero-order chi connectivity index (χ0) is 20.7. The van der Waals surface area contributed by atoms with Crippen molar-refractivity contribution in [2.45, 2.75) is 58.9 Å². The van der Waals surface area contributed by atoms with Crippen molar-refractivity contribution in [1.29, 1.82) is 0 Å². The highest BCUT2D eigenvalue weighted by Crippen LogP contribution is 2.41. The highest BCUT2D eigenvalue weighted by Gasteiger charge is 2.41. The Bertz CT molecular complexity index is 961. The first kappa shape index (κ1) is 20.8. The molecule has 0 aromatic carbocycles. The molecule has 0 saturated heterocycles. The average molecular weight is 419 g/mol. The van der Waals surface area contributed by atoms with Crippen LogP contribution in [0.4, 0.5) is 0 Å². The summed E-state index contributed by atoms with van der Waals surface area (Å²) in [6, 6.07) is 5.74. The van der Waals surface area contributed by atoms with Gasteiger partial charge in [-0.25, -0.2) is 14.6 Å². The van der Waals surface area contributed by atoms with Gasteiger partial charge >= 0.3 is 0 Å². The summed E-state index contributed by atoms with van der Waals surface area (Å²) >= 11 is 6.38. The number of rotatable bonds is 5. The fourth-order valence-electron chi connectivity index (χ4n) is 2.72.